The Morgan fingerprint density at radius 2 is 1.81 bits per heavy atom. The number of hydrogen-bond donors (Lipinski definition) is 0. The highest BCUT2D eigenvalue weighted by molar-refractivity contribution is 5.17. The molecule has 2 heteroatoms. The van der Waals surface area contributed by atoms with Gasteiger partial charge in [-0.1, -0.05) is 32.0 Å². The lowest BCUT2D eigenvalue weighted by molar-refractivity contribution is 0.133. The van der Waals surface area contributed by atoms with Gasteiger partial charge in [0.05, 0.1) is 0 Å². The van der Waals surface area contributed by atoms with Crippen molar-refractivity contribution < 1.29 is 4.39 Å². The van der Waals surface area contributed by atoms with Gasteiger partial charge in [-0.2, -0.15) is 0 Å². The quantitative estimate of drug-likeness (QED) is 0.740. The molecule has 0 bridgehead atoms. The number of benzene rings is 1. The maximum Gasteiger partial charge on any atom is 0.127 e. The first-order valence-corrected chi connectivity index (χ1v) is 6.11. The van der Waals surface area contributed by atoms with Crippen LogP contribution in [0, 0.1) is 17.7 Å². The number of halogens is 1. The van der Waals surface area contributed by atoms with E-state index in [2.05, 4.69) is 18.7 Å². The predicted molar refractivity (Wildman–Crippen MR) is 64.6 cm³/mol. The minimum absolute atomic E-state index is 0.0756. The highest BCUT2D eigenvalue weighted by atomic mass is 19.1. The standard InChI is InChI=1S/C14H20FN/c1-11-7-12(2)9-16(8-11)10-13-5-3-4-6-14(13)15/h3-6,11-12H,7-10H2,1-2H3. The molecule has 1 aliphatic rings. The molecule has 1 aromatic carbocycles. The third kappa shape index (κ3) is 2.82. The molecule has 16 heavy (non-hydrogen) atoms. The minimum Gasteiger partial charge on any atom is -0.298 e. The number of hydrogen-bond acceptors (Lipinski definition) is 1. The van der Waals surface area contributed by atoms with Crippen LogP contribution in [-0.2, 0) is 6.54 Å². The summed E-state index contributed by atoms with van der Waals surface area (Å²) in [7, 11) is 0. The summed E-state index contributed by atoms with van der Waals surface area (Å²) in [5.41, 5.74) is 0.823. The Labute approximate surface area is 97.3 Å². The molecule has 1 fully saturated rings. The third-order valence-electron chi connectivity index (χ3n) is 3.30. The van der Waals surface area contributed by atoms with Gasteiger partial charge in [-0.3, -0.25) is 4.90 Å². The SMILES string of the molecule is CC1CC(C)CN(Cc2ccccc2F)C1. The second-order valence-corrected chi connectivity index (χ2v) is 5.23. The van der Waals surface area contributed by atoms with Crippen molar-refractivity contribution in [2.24, 2.45) is 11.8 Å². The molecular weight excluding hydrogens is 201 g/mol. The molecule has 0 amide bonds. The van der Waals surface area contributed by atoms with Crippen LogP contribution in [0.15, 0.2) is 24.3 Å². The number of nitrogens with zero attached hydrogens (tertiary/aromatic N) is 1. The Morgan fingerprint density at radius 3 is 2.44 bits per heavy atom. The van der Waals surface area contributed by atoms with E-state index in [-0.39, 0.29) is 5.82 Å². The fourth-order valence-electron chi connectivity index (χ4n) is 2.79. The van der Waals surface area contributed by atoms with E-state index in [9.17, 15) is 4.39 Å². The Morgan fingerprint density at radius 1 is 1.19 bits per heavy atom. The van der Waals surface area contributed by atoms with Crippen molar-refractivity contribution in [3.05, 3.63) is 35.6 Å². The van der Waals surface area contributed by atoms with Crippen molar-refractivity contribution in [1.29, 1.82) is 0 Å². The molecule has 0 spiro atoms. The first-order valence-electron chi connectivity index (χ1n) is 6.11. The van der Waals surface area contributed by atoms with E-state index in [1.807, 2.05) is 12.1 Å². The van der Waals surface area contributed by atoms with Crippen LogP contribution in [0.1, 0.15) is 25.8 Å². The molecule has 0 N–H and O–H groups in total. The van der Waals surface area contributed by atoms with Crippen molar-refractivity contribution in [2.45, 2.75) is 26.8 Å². The van der Waals surface area contributed by atoms with Crippen LogP contribution >= 0.6 is 0 Å². The van der Waals surface area contributed by atoms with Gasteiger partial charge in [0.25, 0.3) is 0 Å². The maximum absolute atomic E-state index is 13.5. The summed E-state index contributed by atoms with van der Waals surface area (Å²) in [5, 5.41) is 0. The summed E-state index contributed by atoms with van der Waals surface area (Å²) >= 11 is 0. The van der Waals surface area contributed by atoms with E-state index in [0.29, 0.717) is 0 Å². The average molecular weight is 221 g/mol. The van der Waals surface area contributed by atoms with Gasteiger partial charge in [0.1, 0.15) is 5.82 Å². The zero-order chi connectivity index (χ0) is 11.5. The highest BCUT2D eigenvalue weighted by Crippen LogP contribution is 2.22. The van der Waals surface area contributed by atoms with E-state index in [1.165, 1.54) is 6.42 Å². The van der Waals surface area contributed by atoms with Crippen LogP contribution in [0.25, 0.3) is 0 Å². The summed E-state index contributed by atoms with van der Waals surface area (Å²) in [6.07, 6.45) is 1.30. The molecule has 0 radical (unpaired) electrons. The van der Waals surface area contributed by atoms with Gasteiger partial charge >= 0.3 is 0 Å². The molecule has 2 unspecified atom stereocenters. The Hall–Kier alpha value is -0.890. The lowest BCUT2D eigenvalue weighted by atomic mass is 9.91. The summed E-state index contributed by atoms with van der Waals surface area (Å²) in [6.45, 7) is 7.51. The van der Waals surface area contributed by atoms with E-state index in [1.54, 1.807) is 12.1 Å². The van der Waals surface area contributed by atoms with Gasteiger partial charge in [0.15, 0.2) is 0 Å². The molecule has 88 valence electrons. The monoisotopic (exact) mass is 221 g/mol. The van der Waals surface area contributed by atoms with Crippen molar-refractivity contribution in [3.8, 4) is 0 Å². The lowest BCUT2D eigenvalue weighted by Crippen LogP contribution is -2.38. The molecule has 0 aromatic heterocycles. The van der Waals surface area contributed by atoms with E-state index in [0.717, 1.165) is 37.0 Å². The van der Waals surface area contributed by atoms with E-state index < -0.39 is 0 Å². The molecule has 0 saturated carbocycles. The molecule has 1 aromatic rings. The highest BCUT2D eigenvalue weighted by Gasteiger charge is 2.22. The molecular formula is C14H20FN. The second-order valence-electron chi connectivity index (χ2n) is 5.23. The Bertz CT molecular complexity index is 340. The fourth-order valence-corrected chi connectivity index (χ4v) is 2.79. The molecule has 2 rings (SSSR count). The molecule has 2 atom stereocenters. The zero-order valence-electron chi connectivity index (χ0n) is 10.1. The molecule has 1 aliphatic heterocycles. The summed E-state index contributed by atoms with van der Waals surface area (Å²) in [4.78, 5) is 2.37. The van der Waals surface area contributed by atoms with Gasteiger partial charge in [0.2, 0.25) is 0 Å². The van der Waals surface area contributed by atoms with Crippen molar-refractivity contribution in [1.82, 2.24) is 4.90 Å². The smallest absolute Gasteiger partial charge is 0.127 e. The first-order chi connectivity index (χ1) is 7.65. The second kappa shape index (κ2) is 4.96. The topological polar surface area (TPSA) is 3.24 Å². The van der Waals surface area contributed by atoms with Crippen LogP contribution in [0.4, 0.5) is 4.39 Å². The average Bonchev–Trinajstić information content (AvgIpc) is 2.20. The van der Waals surface area contributed by atoms with Crippen LogP contribution < -0.4 is 0 Å². The van der Waals surface area contributed by atoms with Crippen molar-refractivity contribution in [3.63, 3.8) is 0 Å². The van der Waals surface area contributed by atoms with Gasteiger partial charge in [0, 0.05) is 25.2 Å². The van der Waals surface area contributed by atoms with Crippen molar-refractivity contribution in [2.75, 3.05) is 13.1 Å². The van der Waals surface area contributed by atoms with Crippen molar-refractivity contribution >= 4 is 0 Å². The Balaban J connectivity index is 2.02. The maximum atomic E-state index is 13.5. The van der Waals surface area contributed by atoms with Gasteiger partial charge in [-0.15, -0.1) is 0 Å². The summed E-state index contributed by atoms with van der Waals surface area (Å²) in [5.74, 6) is 1.39. The van der Waals surface area contributed by atoms with E-state index >= 15 is 0 Å². The molecule has 1 heterocycles. The Kier molecular flexibility index (Phi) is 3.59. The fraction of sp³-hybridized carbons (Fsp3) is 0.571. The summed E-state index contributed by atoms with van der Waals surface area (Å²) < 4.78 is 13.5. The molecule has 0 aliphatic carbocycles. The molecule has 1 nitrogen and oxygen atoms in total. The van der Waals surface area contributed by atoms with Crippen LogP contribution in [0.3, 0.4) is 0 Å². The zero-order valence-corrected chi connectivity index (χ0v) is 10.1. The normalized spacial score (nSPS) is 26.9. The third-order valence-corrected chi connectivity index (χ3v) is 3.30. The van der Waals surface area contributed by atoms with Crippen LogP contribution in [0.2, 0.25) is 0 Å². The van der Waals surface area contributed by atoms with Gasteiger partial charge < -0.3 is 0 Å². The number of likely N-dealkylation sites (tertiary alicyclic amines) is 1. The van der Waals surface area contributed by atoms with Gasteiger partial charge in [-0.05, 0) is 24.3 Å². The molecule has 1 saturated heterocycles. The van der Waals surface area contributed by atoms with E-state index in [4.69, 9.17) is 0 Å². The number of rotatable bonds is 2. The largest absolute Gasteiger partial charge is 0.298 e. The van der Waals surface area contributed by atoms with Crippen LogP contribution in [0.5, 0.6) is 0 Å². The minimum atomic E-state index is -0.0756. The predicted octanol–water partition coefficient (Wildman–Crippen LogP) is 3.30. The number of piperidine rings is 1. The lowest BCUT2D eigenvalue weighted by Gasteiger charge is -2.35. The van der Waals surface area contributed by atoms with Crippen LogP contribution in [-0.4, -0.2) is 18.0 Å². The first kappa shape index (κ1) is 11.6. The summed E-state index contributed by atoms with van der Waals surface area (Å²) in [6, 6.07) is 7.10. The van der Waals surface area contributed by atoms with Gasteiger partial charge in [-0.25, -0.2) is 4.39 Å².